The van der Waals surface area contributed by atoms with Crippen molar-refractivity contribution in [3.63, 3.8) is 0 Å². The fourth-order valence-electron chi connectivity index (χ4n) is 3.98. The molecule has 0 fully saturated rings. The van der Waals surface area contributed by atoms with Gasteiger partial charge in [-0.3, -0.25) is 10.2 Å². The summed E-state index contributed by atoms with van der Waals surface area (Å²) < 4.78 is 29.2. The Kier molecular flexibility index (Phi) is 5.91. The third-order valence-corrected chi connectivity index (χ3v) is 8.18. The summed E-state index contributed by atoms with van der Waals surface area (Å²) >= 11 is 0. The summed E-state index contributed by atoms with van der Waals surface area (Å²) in [4.78, 5) is 11.4. The normalized spacial score (nSPS) is 17.1. The van der Waals surface area contributed by atoms with E-state index in [-0.39, 0.29) is 11.4 Å². The number of fused-ring (bicyclic) bond motifs is 1. The molecule has 2 aromatic carbocycles. The molecule has 0 atom stereocenters. The van der Waals surface area contributed by atoms with E-state index in [0.29, 0.717) is 22.6 Å². The molecule has 2 N–H and O–H groups in total. The minimum Gasteiger partial charge on any atom is -0.377 e. The molecule has 0 unspecified atom stereocenters. The fourth-order valence-corrected chi connectivity index (χ4v) is 5.20. The number of rotatable bonds is 6. The van der Waals surface area contributed by atoms with E-state index in [0.717, 1.165) is 16.1 Å². The molecule has 0 spiro atoms. The smallest absolute Gasteiger partial charge is 0.241 e. The second kappa shape index (κ2) is 8.33. The van der Waals surface area contributed by atoms with Gasteiger partial charge < -0.3 is 4.90 Å². The molecule has 0 amide bonds. The van der Waals surface area contributed by atoms with Crippen LogP contribution in [0.1, 0.15) is 39.1 Å². The molecule has 3 aromatic rings. The molecule has 0 aliphatic carbocycles. The predicted octanol–water partition coefficient (Wildman–Crippen LogP) is 3.79. The Balaban J connectivity index is 1.61. The van der Waals surface area contributed by atoms with Gasteiger partial charge in [-0.1, -0.05) is 30.3 Å². The van der Waals surface area contributed by atoms with Crippen LogP contribution >= 0.6 is 0 Å². The number of amidine groups is 1. The Morgan fingerprint density at radius 2 is 1.62 bits per heavy atom. The standard InChI is InChI=1S/C25H31N5O3S/c1-24(2)25(3,4)30(31)23(28-24)20-13-7-10-17(27-20)16-26-34(32,33)22-15-9-11-18-19(22)12-8-14-21(18)29(5)6/h7-15,26,31H,16H2,1-6H3. The zero-order valence-corrected chi connectivity index (χ0v) is 21.2. The van der Waals surface area contributed by atoms with Crippen molar-refractivity contribution >= 4 is 32.3 Å². The number of sulfonamides is 1. The number of pyridine rings is 1. The van der Waals surface area contributed by atoms with Crippen molar-refractivity contribution in [2.45, 2.75) is 50.2 Å². The van der Waals surface area contributed by atoms with E-state index in [1.807, 2.05) is 71.0 Å². The highest BCUT2D eigenvalue weighted by molar-refractivity contribution is 7.89. The van der Waals surface area contributed by atoms with E-state index >= 15 is 0 Å². The highest BCUT2D eigenvalue weighted by Crippen LogP contribution is 2.37. The van der Waals surface area contributed by atoms with Gasteiger partial charge in [0.2, 0.25) is 10.0 Å². The summed E-state index contributed by atoms with van der Waals surface area (Å²) in [7, 11) is 0.0498. The Hall–Kier alpha value is -3.01. The van der Waals surface area contributed by atoms with Crippen LogP contribution in [0.4, 0.5) is 5.69 Å². The first-order valence-electron chi connectivity index (χ1n) is 11.1. The number of hydrogen-bond acceptors (Lipinski definition) is 7. The molecule has 180 valence electrons. The monoisotopic (exact) mass is 481 g/mol. The molecule has 1 aromatic heterocycles. The van der Waals surface area contributed by atoms with Gasteiger partial charge in [-0.15, -0.1) is 0 Å². The first-order valence-corrected chi connectivity index (χ1v) is 12.6. The summed E-state index contributed by atoms with van der Waals surface area (Å²) in [6.07, 6.45) is 0. The van der Waals surface area contributed by atoms with E-state index in [1.165, 1.54) is 0 Å². The van der Waals surface area contributed by atoms with E-state index in [9.17, 15) is 13.6 Å². The zero-order chi connectivity index (χ0) is 24.9. The minimum atomic E-state index is -3.81. The van der Waals surface area contributed by atoms with E-state index in [4.69, 9.17) is 0 Å². The molecule has 1 aliphatic rings. The van der Waals surface area contributed by atoms with Gasteiger partial charge in [-0.25, -0.2) is 23.2 Å². The Morgan fingerprint density at radius 3 is 2.26 bits per heavy atom. The topological polar surface area (TPSA) is 98.1 Å². The molecule has 4 rings (SSSR count). The number of aromatic nitrogens is 1. The Bertz CT molecular complexity index is 1380. The Labute approximate surface area is 201 Å². The van der Waals surface area contributed by atoms with Crippen LogP contribution in [0.2, 0.25) is 0 Å². The van der Waals surface area contributed by atoms with Gasteiger partial charge in [0, 0.05) is 30.6 Å². The average Bonchev–Trinajstić information content (AvgIpc) is 2.95. The maximum absolute atomic E-state index is 13.2. The highest BCUT2D eigenvalue weighted by atomic mass is 32.2. The number of benzene rings is 2. The zero-order valence-electron chi connectivity index (χ0n) is 20.4. The maximum Gasteiger partial charge on any atom is 0.241 e. The van der Waals surface area contributed by atoms with Gasteiger partial charge >= 0.3 is 0 Å². The van der Waals surface area contributed by atoms with Crippen molar-refractivity contribution in [1.29, 1.82) is 0 Å². The highest BCUT2D eigenvalue weighted by Gasteiger charge is 2.49. The second-order valence-electron chi connectivity index (χ2n) is 9.73. The lowest BCUT2D eigenvalue weighted by molar-refractivity contribution is -0.0993. The van der Waals surface area contributed by atoms with Gasteiger partial charge in [0.05, 0.1) is 28.2 Å². The molecule has 0 saturated carbocycles. The third-order valence-electron chi connectivity index (χ3n) is 6.72. The molecular formula is C25H31N5O3S. The fraction of sp³-hybridized carbons (Fsp3) is 0.360. The van der Waals surface area contributed by atoms with Crippen LogP contribution in [0, 0.1) is 0 Å². The molecule has 1 aliphatic heterocycles. The summed E-state index contributed by atoms with van der Waals surface area (Å²) in [5, 5.41) is 13.4. The molecule has 8 nitrogen and oxygen atoms in total. The molecule has 2 heterocycles. The number of aliphatic imine (C=N–C) groups is 1. The number of hydrogen-bond donors (Lipinski definition) is 2. The molecular weight excluding hydrogens is 450 g/mol. The maximum atomic E-state index is 13.2. The lowest BCUT2D eigenvalue weighted by Gasteiger charge is -2.36. The van der Waals surface area contributed by atoms with Crippen LogP contribution in [-0.2, 0) is 16.6 Å². The van der Waals surface area contributed by atoms with Crippen LogP contribution in [0.15, 0.2) is 64.5 Å². The van der Waals surface area contributed by atoms with Crippen LogP contribution in [-0.4, -0.2) is 54.7 Å². The van der Waals surface area contributed by atoms with Gasteiger partial charge in [0.15, 0.2) is 5.84 Å². The third kappa shape index (κ3) is 4.04. The molecule has 0 saturated heterocycles. The molecule has 34 heavy (non-hydrogen) atoms. The largest absolute Gasteiger partial charge is 0.377 e. The quantitative estimate of drug-likeness (QED) is 0.556. The summed E-state index contributed by atoms with van der Waals surface area (Å²) in [6, 6.07) is 16.2. The summed E-state index contributed by atoms with van der Waals surface area (Å²) in [5.74, 6) is 0.366. The SMILES string of the molecule is CN(C)c1cccc2c(S(=O)(=O)NCc3cccc(C4=NC(C)(C)C(C)(C)N4O)n3)cccc12. The van der Waals surface area contributed by atoms with Crippen molar-refractivity contribution < 1.29 is 13.6 Å². The number of anilines is 1. The number of nitrogens with one attached hydrogen (secondary N) is 1. The minimum absolute atomic E-state index is 0.00538. The number of nitrogens with zero attached hydrogens (tertiary/aromatic N) is 4. The van der Waals surface area contributed by atoms with Gasteiger partial charge in [0.25, 0.3) is 0 Å². The Morgan fingerprint density at radius 1 is 0.971 bits per heavy atom. The predicted molar refractivity (Wildman–Crippen MR) is 135 cm³/mol. The first-order chi connectivity index (χ1) is 15.8. The van der Waals surface area contributed by atoms with Gasteiger partial charge in [-0.05, 0) is 52.0 Å². The molecule has 0 radical (unpaired) electrons. The second-order valence-corrected chi connectivity index (χ2v) is 11.5. The van der Waals surface area contributed by atoms with E-state index < -0.39 is 21.1 Å². The lowest BCUT2D eigenvalue weighted by atomic mass is 9.84. The van der Waals surface area contributed by atoms with Crippen molar-refractivity contribution in [3.05, 3.63) is 66.0 Å². The van der Waals surface area contributed by atoms with Crippen LogP contribution in [0.3, 0.4) is 0 Å². The van der Waals surface area contributed by atoms with Crippen LogP contribution in [0.5, 0.6) is 0 Å². The van der Waals surface area contributed by atoms with Crippen molar-refractivity contribution in [1.82, 2.24) is 14.8 Å². The van der Waals surface area contributed by atoms with Gasteiger partial charge in [-0.2, -0.15) is 0 Å². The average molecular weight is 482 g/mol. The molecule has 0 bridgehead atoms. The summed E-state index contributed by atoms with van der Waals surface area (Å²) in [5.41, 5.74) is 0.825. The van der Waals surface area contributed by atoms with Gasteiger partial charge in [0.1, 0.15) is 5.69 Å². The summed E-state index contributed by atoms with van der Waals surface area (Å²) in [6.45, 7) is 7.73. The van der Waals surface area contributed by atoms with E-state index in [2.05, 4.69) is 14.7 Å². The lowest BCUT2D eigenvalue weighted by Crippen LogP contribution is -2.51. The van der Waals surface area contributed by atoms with Crippen LogP contribution in [0.25, 0.3) is 10.8 Å². The van der Waals surface area contributed by atoms with Crippen molar-refractivity contribution in [2.75, 3.05) is 19.0 Å². The van der Waals surface area contributed by atoms with Crippen LogP contribution < -0.4 is 9.62 Å². The molecule has 9 heteroatoms. The van der Waals surface area contributed by atoms with Crippen molar-refractivity contribution in [2.24, 2.45) is 4.99 Å². The van der Waals surface area contributed by atoms with Crippen molar-refractivity contribution in [3.8, 4) is 0 Å². The van der Waals surface area contributed by atoms with E-state index in [1.54, 1.807) is 30.3 Å². The first kappa shape index (κ1) is 24.1. The number of hydroxylamine groups is 2.